The van der Waals surface area contributed by atoms with Crippen molar-refractivity contribution in [1.29, 1.82) is 0 Å². The van der Waals surface area contributed by atoms with Gasteiger partial charge in [-0.05, 0) is 18.2 Å². The van der Waals surface area contributed by atoms with Crippen LogP contribution in [0, 0.1) is 0 Å². The minimum atomic E-state index is -0.0700. The molecule has 0 bridgehead atoms. The summed E-state index contributed by atoms with van der Waals surface area (Å²) in [5, 5.41) is 0.555. The second kappa shape index (κ2) is 2.19. The lowest BCUT2D eigenvalue weighted by atomic mass is 10.1. The minimum Gasteiger partial charge on any atom is -0.289 e. The zero-order valence-electron chi connectivity index (χ0n) is 4.73. The Kier molecular flexibility index (Phi) is 1.54. The van der Waals surface area contributed by atoms with Gasteiger partial charge in [-0.15, -0.1) is 0 Å². The highest BCUT2D eigenvalue weighted by atomic mass is 35.5. The SMILES string of the molecule is C=C1C=C(Cl)C=CC1=O. The zero-order chi connectivity index (χ0) is 6.85. The predicted octanol–water partition coefficient (Wildman–Crippen LogP) is 1.80. The van der Waals surface area contributed by atoms with E-state index in [1.165, 1.54) is 6.08 Å². The Bertz CT molecular complexity index is 223. The van der Waals surface area contributed by atoms with Crippen LogP contribution in [0.25, 0.3) is 0 Å². The van der Waals surface area contributed by atoms with Gasteiger partial charge in [-0.2, -0.15) is 0 Å². The van der Waals surface area contributed by atoms with Crippen molar-refractivity contribution in [2.75, 3.05) is 0 Å². The van der Waals surface area contributed by atoms with Crippen molar-refractivity contribution in [2.45, 2.75) is 0 Å². The van der Waals surface area contributed by atoms with Crippen LogP contribution in [0.4, 0.5) is 0 Å². The summed E-state index contributed by atoms with van der Waals surface area (Å²) in [7, 11) is 0. The maximum Gasteiger partial charge on any atom is 0.185 e. The molecule has 1 aliphatic rings. The maximum absolute atomic E-state index is 10.7. The van der Waals surface area contributed by atoms with Crippen LogP contribution in [0.5, 0.6) is 0 Å². The van der Waals surface area contributed by atoms with E-state index < -0.39 is 0 Å². The molecular weight excluding hydrogens is 136 g/mol. The Morgan fingerprint density at radius 1 is 1.44 bits per heavy atom. The van der Waals surface area contributed by atoms with Crippen molar-refractivity contribution in [3.63, 3.8) is 0 Å². The molecule has 9 heavy (non-hydrogen) atoms. The summed E-state index contributed by atoms with van der Waals surface area (Å²) in [6.45, 7) is 3.48. The van der Waals surface area contributed by atoms with Crippen molar-refractivity contribution < 1.29 is 4.79 Å². The molecule has 0 amide bonds. The van der Waals surface area contributed by atoms with E-state index in [1.54, 1.807) is 12.2 Å². The third kappa shape index (κ3) is 1.30. The lowest BCUT2D eigenvalue weighted by Crippen LogP contribution is -1.97. The van der Waals surface area contributed by atoms with E-state index in [0.717, 1.165) is 0 Å². The summed E-state index contributed by atoms with van der Waals surface area (Å²) in [6.07, 6.45) is 4.51. The summed E-state index contributed by atoms with van der Waals surface area (Å²) in [4.78, 5) is 10.7. The number of hydrogen-bond donors (Lipinski definition) is 0. The van der Waals surface area contributed by atoms with Gasteiger partial charge >= 0.3 is 0 Å². The number of carbonyl (C=O) groups is 1. The van der Waals surface area contributed by atoms with E-state index in [-0.39, 0.29) is 5.78 Å². The first-order chi connectivity index (χ1) is 4.20. The van der Waals surface area contributed by atoms with Crippen molar-refractivity contribution in [3.05, 3.63) is 35.4 Å². The molecule has 46 valence electrons. The normalized spacial score (nSPS) is 18.1. The molecule has 0 heterocycles. The highest BCUT2D eigenvalue weighted by Gasteiger charge is 2.04. The van der Waals surface area contributed by atoms with Crippen LogP contribution in [0.15, 0.2) is 35.4 Å². The average Bonchev–Trinajstić information content (AvgIpc) is 1.80. The fourth-order valence-corrected chi connectivity index (χ4v) is 0.743. The first-order valence-corrected chi connectivity index (χ1v) is 2.86. The molecule has 0 saturated carbocycles. The van der Waals surface area contributed by atoms with Gasteiger partial charge in [0.1, 0.15) is 0 Å². The lowest BCUT2D eigenvalue weighted by molar-refractivity contribution is -0.111. The largest absolute Gasteiger partial charge is 0.289 e. The molecule has 0 aromatic carbocycles. The highest BCUT2D eigenvalue weighted by molar-refractivity contribution is 6.33. The van der Waals surface area contributed by atoms with Crippen LogP contribution in [0.2, 0.25) is 0 Å². The maximum atomic E-state index is 10.7. The quantitative estimate of drug-likeness (QED) is 0.469. The second-order valence-corrected chi connectivity index (χ2v) is 2.19. The van der Waals surface area contributed by atoms with Gasteiger partial charge < -0.3 is 0 Å². The van der Waals surface area contributed by atoms with Gasteiger partial charge in [0.15, 0.2) is 5.78 Å². The van der Waals surface area contributed by atoms with Crippen LogP contribution >= 0.6 is 11.6 Å². The third-order valence-corrected chi connectivity index (χ3v) is 1.26. The van der Waals surface area contributed by atoms with Gasteiger partial charge in [0.05, 0.1) is 0 Å². The zero-order valence-corrected chi connectivity index (χ0v) is 5.48. The van der Waals surface area contributed by atoms with E-state index in [2.05, 4.69) is 6.58 Å². The number of halogens is 1. The fraction of sp³-hybridized carbons (Fsp3) is 0. The average molecular weight is 141 g/mol. The Morgan fingerprint density at radius 3 is 2.56 bits per heavy atom. The van der Waals surface area contributed by atoms with Gasteiger partial charge in [0.25, 0.3) is 0 Å². The van der Waals surface area contributed by atoms with Gasteiger partial charge in [0, 0.05) is 10.6 Å². The van der Waals surface area contributed by atoms with Crippen molar-refractivity contribution in [2.24, 2.45) is 0 Å². The molecule has 1 nitrogen and oxygen atoms in total. The first-order valence-electron chi connectivity index (χ1n) is 2.48. The molecule has 0 saturated heterocycles. The molecule has 0 aliphatic heterocycles. The Labute approximate surface area is 58.3 Å². The molecule has 0 N–H and O–H groups in total. The smallest absolute Gasteiger partial charge is 0.185 e. The molecule has 1 aliphatic carbocycles. The van der Waals surface area contributed by atoms with E-state index in [9.17, 15) is 4.79 Å². The molecule has 0 radical (unpaired) electrons. The van der Waals surface area contributed by atoms with E-state index in [4.69, 9.17) is 11.6 Å². The number of ketones is 1. The van der Waals surface area contributed by atoms with Crippen molar-refractivity contribution in [3.8, 4) is 0 Å². The van der Waals surface area contributed by atoms with Crippen LogP contribution in [0.1, 0.15) is 0 Å². The molecule has 0 fully saturated rings. The van der Waals surface area contributed by atoms with Gasteiger partial charge in [-0.3, -0.25) is 4.79 Å². The lowest BCUT2D eigenvalue weighted by Gasteiger charge is -1.98. The number of hydrogen-bond acceptors (Lipinski definition) is 1. The van der Waals surface area contributed by atoms with Gasteiger partial charge in [0.2, 0.25) is 0 Å². The van der Waals surface area contributed by atoms with Gasteiger partial charge in [-0.1, -0.05) is 18.2 Å². The number of rotatable bonds is 0. The monoisotopic (exact) mass is 140 g/mol. The minimum absolute atomic E-state index is 0.0700. The van der Waals surface area contributed by atoms with E-state index >= 15 is 0 Å². The molecule has 0 unspecified atom stereocenters. The van der Waals surface area contributed by atoms with Crippen LogP contribution in [-0.4, -0.2) is 5.78 Å². The molecular formula is C7H5ClO. The van der Waals surface area contributed by atoms with Crippen LogP contribution < -0.4 is 0 Å². The van der Waals surface area contributed by atoms with Crippen molar-refractivity contribution in [1.82, 2.24) is 0 Å². The molecule has 0 atom stereocenters. The molecule has 0 spiro atoms. The third-order valence-electron chi connectivity index (χ3n) is 1.02. The topological polar surface area (TPSA) is 17.1 Å². The van der Waals surface area contributed by atoms with E-state index in [1.807, 2.05) is 0 Å². The van der Waals surface area contributed by atoms with E-state index in [0.29, 0.717) is 10.6 Å². The second-order valence-electron chi connectivity index (χ2n) is 1.75. The summed E-state index contributed by atoms with van der Waals surface area (Å²) < 4.78 is 0. The first kappa shape index (κ1) is 6.30. The predicted molar refractivity (Wildman–Crippen MR) is 37.2 cm³/mol. The fourth-order valence-electron chi connectivity index (χ4n) is 0.548. The van der Waals surface area contributed by atoms with Crippen LogP contribution in [-0.2, 0) is 4.79 Å². The van der Waals surface area contributed by atoms with Crippen molar-refractivity contribution >= 4 is 17.4 Å². The number of allylic oxidation sites excluding steroid dienone is 5. The Hall–Kier alpha value is -0.820. The Morgan fingerprint density at radius 2 is 2.11 bits per heavy atom. The molecule has 0 aromatic rings. The molecule has 2 heteroatoms. The van der Waals surface area contributed by atoms with Crippen LogP contribution in [0.3, 0.4) is 0 Å². The van der Waals surface area contributed by atoms with Gasteiger partial charge in [-0.25, -0.2) is 0 Å². The summed E-state index contributed by atoms with van der Waals surface area (Å²) in [5.41, 5.74) is 0.447. The highest BCUT2D eigenvalue weighted by Crippen LogP contribution is 2.13. The standard InChI is InChI=1S/C7H5ClO/c1-5-4-6(8)2-3-7(5)9/h2-4H,1H2. The number of carbonyl (C=O) groups excluding carboxylic acids is 1. The summed E-state index contributed by atoms with van der Waals surface area (Å²) in [5.74, 6) is -0.0700. The summed E-state index contributed by atoms with van der Waals surface area (Å²) >= 11 is 5.54. The summed E-state index contributed by atoms with van der Waals surface area (Å²) in [6, 6.07) is 0. The molecule has 1 rings (SSSR count). The molecule has 0 aromatic heterocycles. The Balaban J connectivity index is 2.95.